The van der Waals surface area contributed by atoms with Crippen LogP contribution in [0.2, 0.25) is 0 Å². The molecule has 0 N–H and O–H groups in total. The second-order valence-electron chi connectivity index (χ2n) is 1.33. The molecule has 1 nitrogen and oxygen atoms in total. The molecule has 0 aliphatic heterocycles. The Morgan fingerprint density at radius 1 is 1.75 bits per heavy atom. The van der Waals surface area contributed by atoms with E-state index in [2.05, 4.69) is 0 Å². The highest BCUT2D eigenvalue weighted by molar-refractivity contribution is 7.98. The summed E-state index contributed by atoms with van der Waals surface area (Å²) in [7, 11) is 0. The van der Waals surface area contributed by atoms with Gasteiger partial charge in [-0.25, -0.2) is 0 Å². The molecule has 1 atom stereocenters. The van der Waals surface area contributed by atoms with E-state index >= 15 is 0 Å². The third-order valence-corrected chi connectivity index (χ3v) is 1.65. The standard InChI is InChI=1S/C5H10OS2/c1-7-4-3-5-8(2)6/h3,5H,4H2,1-2H3/b5-3+. The highest BCUT2D eigenvalue weighted by atomic mass is 32.2. The van der Waals surface area contributed by atoms with Gasteiger partial charge in [0, 0.05) is 5.75 Å². The zero-order chi connectivity index (χ0) is 6.41. The first-order chi connectivity index (χ1) is 3.77. The molecular formula is C5H10OS2. The van der Waals surface area contributed by atoms with Gasteiger partial charge >= 0.3 is 0 Å². The molecule has 0 saturated heterocycles. The molecule has 0 saturated carbocycles. The van der Waals surface area contributed by atoms with Gasteiger partial charge in [-0.2, -0.15) is 11.8 Å². The van der Waals surface area contributed by atoms with Crippen LogP contribution >= 0.6 is 11.8 Å². The fourth-order valence-electron chi connectivity index (χ4n) is 0.271. The third kappa shape index (κ3) is 6.40. The Kier molecular flexibility index (Phi) is 5.81. The number of hydrogen-bond donors (Lipinski definition) is 0. The molecule has 0 aromatic carbocycles. The Bertz CT molecular complexity index is 70.8. The average Bonchev–Trinajstić information content (AvgIpc) is 1.66. The molecule has 0 aliphatic rings. The minimum absolute atomic E-state index is 0.761. The minimum atomic E-state index is -0.761. The summed E-state index contributed by atoms with van der Waals surface area (Å²) in [6, 6.07) is 0. The summed E-state index contributed by atoms with van der Waals surface area (Å²) in [6.45, 7) is 0. The van der Waals surface area contributed by atoms with Crippen molar-refractivity contribution in [1.29, 1.82) is 0 Å². The van der Waals surface area contributed by atoms with Crippen molar-refractivity contribution >= 4 is 22.9 Å². The predicted octanol–water partition coefficient (Wildman–Crippen LogP) is 1.24. The normalized spacial score (nSPS) is 14.9. The number of hydrogen-bond acceptors (Lipinski definition) is 2. The van der Waals surface area contributed by atoms with Crippen LogP contribution in [0, 0.1) is 0 Å². The molecule has 0 spiro atoms. The molecule has 0 rings (SSSR count). The van der Waals surface area contributed by atoms with Gasteiger partial charge in [0.25, 0.3) is 0 Å². The molecule has 0 aromatic heterocycles. The summed E-state index contributed by atoms with van der Waals surface area (Å²) in [6.07, 6.45) is 5.60. The van der Waals surface area contributed by atoms with Gasteiger partial charge in [-0.05, 0) is 23.5 Å². The van der Waals surface area contributed by atoms with Gasteiger partial charge in [-0.15, -0.1) is 0 Å². The largest absolute Gasteiger partial charge is 0.612 e. The van der Waals surface area contributed by atoms with E-state index in [4.69, 9.17) is 0 Å². The smallest absolute Gasteiger partial charge is 0.113 e. The summed E-state index contributed by atoms with van der Waals surface area (Å²) in [4.78, 5) is 0. The van der Waals surface area contributed by atoms with Crippen LogP contribution in [0.15, 0.2) is 11.5 Å². The van der Waals surface area contributed by atoms with Crippen molar-refractivity contribution in [2.24, 2.45) is 0 Å². The Hall–Kier alpha value is 0.400. The molecule has 8 heavy (non-hydrogen) atoms. The van der Waals surface area contributed by atoms with Crippen LogP contribution in [0.25, 0.3) is 0 Å². The second kappa shape index (κ2) is 5.54. The topological polar surface area (TPSA) is 23.1 Å². The van der Waals surface area contributed by atoms with Crippen LogP contribution in [0.1, 0.15) is 0 Å². The van der Waals surface area contributed by atoms with E-state index < -0.39 is 11.2 Å². The van der Waals surface area contributed by atoms with Crippen LogP contribution in [0.4, 0.5) is 0 Å². The van der Waals surface area contributed by atoms with Crippen molar-refractivity contribution in [2.45, 2.75) is 0 Å². The molecule has 0 fully saturated rings. The second-order valence-corrected chi connectivity index (χ2v) is 3.51. The van der Waals surface area contributed by atoms with Gasteiger partial charge in [-0.1, -0.05) is 0 Å². The maximum absolute atomic E-state index is 10.3. The summed E-state index contributed by atoms with van der Waals surface area (Å²) in [5.41, 5.74) is 0. The van der Waals surface area contributed by atoms with Crippen molar-refractivity contribution < 1.29 is 4.55 Å². The van der Waals surface area contributed by atoms with E-state index in [0.29, 0.717) is 0 Å². The monoisotopic (exact) mass is 150 g/mol. The summed E-state index contributed by atoms with van der Waals surface area (Å²) >= 11 is 0.961. The number of rotatable bonds is 3. The lowest BCUT2D eigenvalue weighted by Crippen LogP contribution is -1.87. The molecule has 1 unspecified atom stereocenters. The molecule has 0 heterocycles. The Labute approximate surface area is 57.7 Å². The maximum Gasteiger partial charge on any atom is 0.113 e. The lowest BCUT2D eigenvalue weighted by atomic mass is 10.8. The average molecular weight is 150 g/mol. The van der Waals surface area contributed by atoms with Crippen molar-refractivity contribution in [3.8, 4) is 0 Å². The van der Waals surface area contributed by atoms with Crippen LogP contribution in [-0.4, -0.2) is 22.8 Å². The van der Waals surface area contributed by atoms with E-state index in [1.165, 1.54) is 0 Å². The zero-order valence-corrected chi connectivity index (χ0v) is 6.72. The van der Waals surface area contributed by atoms with E-state index in [9.17, 15) is 4.55 Å². The van der Waals surface area contributed by atoms with Crippen LogP contribution in [-0.2, 0) is 11.2 Å². The zero-order valence-electron chi connectivity index (χ0n) is 5.09. The van der Waals surface area contributed by atoms with E-state index in [1.807, 2.05) is 12.3 Å². The predicted molar refractivity (Wildman–Crippen MR) is 41.6 cm³/mol. The third-order valence-electron chi connectivity index (χ3n) is 0.551. The molecule has 0 aliphatic carbocycles. The lowest BCUT2D eigenvalue weighted by molar-refractivity contribution is 0.609. The van der Waals surface area contributed by atoms with Crippen LogP contribution in [0.5, 0.6) is 0 Å². The van der Waals surface area contributed by atoms with Gasteiger partial charge in [0.05, 0.1) is 6.26 Å². The van der Waals surface area contributed by atoms with E-state index in [1.54, 1.807) is 23.4 Å². The van der Waals surface area contributed by atoms with Crippen molar-refractivity contribution in [2.75, 3.05) is 18.3 Å². The summed E-state index contributed by atoms with van der Waals surface area (Å²) in [5, 5.41) is 1.70. The molecule has 0 amide bonds. The Balaban J connectivity index is 3.07. The number of thioether (sulfide) groups is 1. The minimum Gasteiger partial charge on any atom is -0.612 e. The quantitative estimate of drug-likeness (QED) is 0.565. The first-order valence-corrected chi connectivity index (χ1v) is 5.26. The molecular weight excluding hydrogens is 140 g/mol. The molecule has 0 radical (unpaired) electrons. The Morgan fingerprint density at radius 2 is 2.38 bits per heavy atom. The van der Waals surface area contributed by atoms with Gasteiger partial charge in [-0.3, -0.25) is 0 Å². The first kappa shape index (κ1) is 8.40. The van der Waals surface area contributed by atoms with Crippen molar-refractivity contribution in [3.63, 3.8) is 0 Å². The summed E-state index contributed by atoms with van der Waals surface area (Å²) in [5.74, 6) is 0.958. The highest BCUT2D eigenvalue weighted by Gasteiger charge is 1.82. The van der Waals surface area contributed by atoms with Crippen LogP contribution < -0.4 is 0 Å². The maximum atomic E-state index is 10.3. The fraction of sp³-hybridized carbons (Fsp3) is 0.600. The fourth-order valence-corrected chi connectivity index (χ4v) is 1.05. The molecule has 48 valence electrons. The molecule has 0 bridgehead atoms. The summed E-state index contributed by atoms with van der Waals surface area (Å²) < 4.78 is 10.3. The highest BCUT2D eigenvalue weighted by Crippen LogP contribution is 1.93. The van der Waals surface area contributed by atoms with Crippen LogP contribution in [0.3, 0.4) is 0 Å². The van der Waals surface area contributed by atoms with Crippen molar-refractivity contribution in [3.05, 3.63) is 11.5 Å². The van der Waals surface area contributed by atoms with E-state index in [0.717, 1.165) is 5.75 Å². The van der Waals surface area contributed by atoms with Crippen molar-refractivity contribution in [1.82, 2.24) is 0 Å². The van der Waals surface area contributed by atoms with Gasteiger partial charge in [0.15, 0.2) is 0 Å². The Morgan fingerprint density at radius 3 is 2.75 bits per heavy atom. The molecule has 3 heteroatoms. The lowest BCUT2D eigenvalue weighted by Gasteiger charge is -1.93. The molecule has 0 aromatic rings. The van der Waals surface area contributed by atoms with Gasteiger partial charge < -0.3 is 4.55 Å². The van der Waals surface area contributed by atoms with Gasteiger partial charge in [0.1, 0.15) is 5.41 Å². The van der Waals surface area contributed by atoms with E-state index in [-0.39, 0.29) is 0 Å². The van der Waals surface area contributed by atoms with Gasteiger partial charge in [0.2, 0.25) is 0 Å². The SMILES string of the molecule is CSC/C=C/[S+](C)[O-]. The first-order valence-electron chi connectivity index (χ1n) is 2.25.